The molecule has 0 amide bonds. The Labute approximate surface area is 149 Å². The first-order chi connectivity index (χ1) is 12.7. The van der Waals surface area contributed by atoms with Crippen LogP contribution in [0.3, 0.4) is 0 Å². The van der Waals surface area contributed by atoms with Crippen LogP contribution in [0, 0.1) is 5.82 Å². The second-order valence-corrected chi connectivity index (χ2v) is 5.76. The zero-order valence-corrected chi connectivity index (χ0v) is 13.7. The minimum atomic E-state index is -0.785. The molecule has 1 aromatic carbocycles. The van der Waals surface area contributed by atoms with Crippen molar-refractivity contribution in [1.82, 2.24) is 19.6 Å². The summed E-state index contributed by atoms with van der Waals surface area (Å²) in [6.45, 7) is 0.229. The highest BCUT2D eigenvalue weighted by Crippen LogP contribution is 2.25. The lowest BCUT2D eigenvalue weighted by atomic mass is 10.1. The molecule has 4 aromatic rings. The van der Waals surface area contributed by atoms with Crippen LogP contribution in [0.5, 0.6) is 0 Å². The Morgan fingerprint density at radius 1 is 1.08 bits per heavy atom. The van der Waals surface area contributed by atoms with Gasteiger partial charge in [0.15, 0.2) is 5.65 Å². The maximum Gasteiger partial charge on any atom is 0.157 e. The predicted octanol–water partition coefficient (Wildman–Crippen LogP) is 3.08. The van der Waals surface area contributed by atoms with E-state index in [1.165, 1.54) is 6.07 Å². The van der Waals surface area contributed by atoms with E-state index in [4.69, 9.17) is 0 Å². The van der Waals surface area contributed by atoms with Crippen molar-refractivity contribution < 1.29 is 9.50 Å². The molecule has 0 fully saturated rings. The number of fused-ring (bicyclic) bond motifs is 1. The summed E-state index contributed by atoms with van der Waals surface area (Å²) in [5, 5.41) is 17.7. The molecule has 0 aliphatic carbocycles. The fraction of sp³-hybridized carbons (Fsp3) is 0.105. The number of pyridine rings is 1. The van der Waals surface area contributed by atoms with Gasteiger partial charge in [0, 0.05) is 30.4 Å². The van der Waals surface area contributed by atoms with E-state index in [0.29, 0.717) is 28.4 Å². The summed E-state index contributed by atoms with van der Waals surface area (Å²) in [5.74, 6) is 0.261. The molecule has 4 rings (SSSR count). The number of aromatic nitrogens is 4. The molecule has 0 aliphatic rings. The normalized spacial score (nSPS) is 12.2. The number of aliphatic hydroxyl groups is 1. The number of halogens is 1. The van der Waals surface area contributed by atoms with Crippen molar-refractivity contribution in [3.63, 3.8) is 0 Å². The molecule has 0 spiro atoms. The summed E-state index contributed by atoms with van der Waals surface area (Å²) in [4.78, 5) is 8.60. The summed E-state index contributed by atoms with van der Waals surface area (Å²) >= 11 is 0. The van der Waals surface area contributed by atoms with Crippen molar-refractivity contribution in [2.45, 2.75) is 6.10 Å². The Morgan fingerprint density at radius 2 is 1.92 bits per heavy atom. The summed E-state index contributed by atoms with van der Waals surface area (Å²) < 4.78 is 15.7. The zero-order chi connectivity index (χ0) is 17.9. The second kappa shape index (κ2) is 6.89. The Kier molecular flexibility index (Phi) is 4.28. The van der Waals surface area contributed by atoms with Crippen molar-refractivity contribution in [2.24, 2.45) is 0 Å². The molecule has 0 saturated heterocycles. The third kappa shape index (κ3) is 3.12. The molecule has 26 heavy (non-hydrogen) atoms. The summed E-state index contributed by atoms with van der Waals surface area (Å²) in [6.07, 6.45) is 2.47. The summed E-state index contributed by atoms with van der Waals surface area (Å²) in [5.41, 5.74) is 2.05. The quantitative estimate of drug-likeness (QED) is 0.579. The van der Waals surface area contributed by atoms with E-state index in [1.807, 2.05) is 6.07 Å². The zero-order valence-electron chi connectivity index (χ0n) is 13.7. The molecule has 3 heterocycles. The standard InChI is InChI=1S/C19H16FN5O/c20-14-6-2-1-5-13(14)16-11-19(25-18(24-16)8-10-23-25)22-12-17(26)15-7-3-4-9-21-15/h1-11,17,22,26H,12H2/t17-/m1/s1. The smallest absolute Gasteiger partial charge is 0.157 e. The number of nitrogens with one attached hydrogen (secondary N) is 1. The SMILES string of the molecule is O[C@H](CNc1cc(-c2ccccc2F)nc2ccnn12)c1ccccn1. The number of hydrogen-bond donors (Lipinski definition) is 2. The molecular formula is C19H16FN5O. The van der Waals surface area contributed by atoms with Gasteiger partial charge in [-0.15, -0.1) is 0 Å². The highest BCUT2D eigenvalue weighted by atomic mass is 19.1. The molecule has 7 heteroatoms. The first-order valence-corrected chi connectivity index (χ1v) is 8.15. The van der Waals surface area contributed by atoms with Crippen molar-refractivity contribution in [1.29, 1.82) is 0 Å². The van der Waals surface area contributed by atoms with Gasteiger partial charge in [0.2, 0.25) is 0 Å². The van der Waals surface area contributed by atoms with Gasteiger partial charge >= 0.3 is 0 Å². The van der Waals surface area contributed by atoms with Gasteiger partial charge in [-0.25, -0.2) is 9.37 Å². The lowest BCUT2D eigenvalue weighted by Crippen LogP contribution is -2.15. The molecule has 3 aromatic heterocycles. The highest BCUT2D eigenvalue weighted by Gasteiger charge is 2.13. The minimum Gasteiger partial charge on any atom is -0.385 e. The van der Waals surface area contributed by atoms with Crippen LogP contribution in [0.4, 0.5) is 10.2 Å². The third-order valence-corrected chi connectivity index (χ3v) is 4.01. The van der Waals surface area contributed by atoms with Gasteiger partial charge in [0.25, 0.3) is 0 Å². The molecule has 6 nitrogen and oxygen atoms in total. The van der Waals surface area contributed by atoms with Gasteiger partial charge < -0.3 is 10.4 Å². The number of aliphatic hydroxyl groups excluding tert-OH is 1. The van der Waals surface area contributed by atoms with Gasteiger partial charge in [-0.1, -0.05) is 18.2 Å². The molecule has 0 unspecified atom stereocenters. The van der Waals surface area contributed by atoms with E-state index in [2.05, 4.69) is 20.4 Å². The topological polar surface area (TPSA) is 75.3 Å². The van der Waals surface area contributed by atoms with Gasteiger partial charge in [-0.3, -0.25) is 4.98 Å². The van der Waals surface area contributed by atoms with E-state index in [1.54, 1.807) is 59.4 Å². The van der Waals surface area contributed by atoms with Gasteiger partial charge in [0.05, 0.1) is 17.6 Å². The van der Waals surface area contributed by atoms with Crippen LogP contribution in [0.15, 0.2) is 67.0 Å². The lowest BCUT2D eigenvalue weighted by molar-refractivity contribution is 0.186. The van der Waals surface area contributed by atoms with Crippen LogP contribution < -0.4 is 5.32 Å². The third-order valence-electron chi connectivity index (χ3n) is 4.01. The molecule has 0 radical (unpaired) electrons. The molecule has 0 aliphatic heterocycles. The van der Waals surface area contributed by atoms with Crippen molar-refractivity contribution in [3.8, 4) is 11.3 Å². The minimum absolute atomic E-state index is 0.229. The van der Waals surface area contributed by atoms with Crippen LogP contribution >= 0.6 is 0 Å². The van der Waals surface area contributed by atoms with E-state index < -0.39 is 6.10 Å². The fourth-order valence-electron chi connectivity index (χ4n) is 2.72. The number of nitrogens with zero attached hydrogens (tertiary/aromatic N) is 4. The Bertz CT molecular complexity index is 1030. The van der Waals surface area contributed by atoms with E-state index >= 15 is 0 Å². The Morgan fingerprint density at radius 3 is 2.73 bits per heavy atom. The second-order valence-electron chi connectivity index (χ2n) is 5.76. The molecule has 1 atom stereocenters. The number of hydrogen-bond acceptors (Lipinski definition) is 5. The van der Waals surface area contributed by atoms with Crippen molar-refractivity contribution in [3.05, 3.63) is 78.5 Å². The number of benzene rings is 1. The van der Waals surface area contributed by atoms with Crippen molar-refractivity contribution >= 4 is 11.5 Å². The summed E-state index contributed by atoms with van der Waals surface area (Å²) in [6, 6.07) is 15.3. The van der Waals surface area contributed by atoms with Crippen LogP contribution in [-0.2, 0) is 0 Å². The first kappa shape index (κ1) is 16.2. The van der Waals surface area contributed by atoms with Crippen LogP contribution in [0.1, 0.15) is 11.8 Å². The molecule has 130 valence electrons. The van der Waals surface area contributed by atoms with Gasteiger partial charge in [0.1, 0.15) is 17.7 Å². The van der Waals surface area contributed by atoms with E-state index in [9.17, 15) is 9.50 Å². The number of anilines is 1. The van der Waals surface area contributed by atoms with Crippen LogP contribution in [-0.4, -0.2) is 31.2 Å². The fourth-order valence-corrected chi connectivity index (χ4v) is 2.72. The van der Waals surface area contributed by atoms with Gasteiger partial charge in [-0.2, -0.15) is 9.61 Å². The van der Waals surface area contributed by atoms with E-state index in [-0.39, 0.29) is 12.4 Å². The molecule has 2 N–H and O–H groups in total. The number of rotatable bonds is 5. The molecule has 0 saturated carbocycles. The lowest BCUT2D eigenvalue weighted by Gasteiger charge is -2.14. The highest BCUT2D eigenvalue weighted by molar-refractivity contribution is 5.66. The largest absolute Gasteiger partial charge is 0.385 e. The van der Waals surface area contributed by atoms with Crippen molar-refractivity contribution in [2.75, 3.05) is 11.9 Å². The Hall–Kier alpha value is -3.32. The maximum absolute atomic E-state index is 14.1. The first-order valence-electron chi connectivity index (χ1n) is 8.15. The summed E-state index contributed by atoms with van der Waals surface area (Å²) in [7, 11) is 0. The monoisotopic (exact) mass is 349 g/mol. The predicted molar refractivity (Wildman–Crippen MR) is 96.1 cm³/mol. The van der Waals surface area contributed by atoms with Crippen LogP contribution in [0.2, 0.25) is 0 Å². The molecular weight excluding hydrogens is 333 g/mol. The van der Waals surface area contributed by atoms with E-state index in [0.717, 1.165) is 0 Å². The van der Waals surface area contributed by atoms with Gasteiger partial charge in [-0.05, 0) is 24.3 Å². The Balaban J connectivity index is 1.66. The average Bonchev–Trinajstić information content (AvgIpc) is 3.15. The average molecular weight is 349 g/mol. The van der Waals surface area contributed by atoms with Crippen LogP contribution in [0.25, 0.3) is 16.9 Å². The maximum atomic E-state index is 14.1. The molecule has 0 bridgehead atoms.